The quantitative estimate of drug-likeness (QED) is 0.103. The van der Waals surface area contributed by atoms with Gasteiger partial charge in [0.1, 0.15) is 11.5 Å². The Bertz CT molecular complexity index is 2390. The Labute approximate surface area is 357 Å². The van der Waals surface area contributed by atoms with E-state index in [4.69, 9.17) is 9.47 Å². The minimum atomic E-state index is 0.475. The zero-order valence-electron chi connectivity index (χ0n) is 36.2. The van der Waals surface area contributed by atoms with Crippen LogP contribution in [-0.2, 0) is 0 Å². The minimum Gasteiger partial charge on any atom is -0.497 e. The van der Waals surface area contributed by atoms with Crippen LogP contribution in [0.15, 0.2) is 158 Å². The molecule has 7 aromatic rings. The molecule has 0 heterocycles. The van der Waals surface area contributed by atoms with Gasteiger partial charge in [-0.25, -0.2) is 0 Å². The molecule has 0 saturated carbocycles. The van der Waals surface area contributed by atoms with Crippen LogP contribution in [0.3, 0.4) is 0 Å². The Morgan fingerprint density at radius 1 is 0.383 bits per heavy atom. The van der Waals surface area contributed by atoms with E-state index < -0.39 is 0 Å². The van der Waals surface area contributed by atoms with E-state index in [0.717, 1.165) is 56.8 Å². The first-order valence-electron chi connectivity index (χ1n) is 20.9. The van der Waals surface area contributed by atoms with Crippen molar-refractivity contribution in [2.45, 2.75) is 53.4 Å². The van der Waals surface area contributed by atoms with E-state index in [2.05, 4.69) is 209 Å². The van der Waals surface area contributed by atoms with E-state index >= 15 is 0 Å². The number of rotatable bonds is 14. The average Bonchev–Trinajstić information content (AvgIpc) is 3.27. The van der Waals surface area contributed by atoms with Gasteiger partial charge < -0.3 is 19.3 Å². The van der Waals surface area contributed by atoms with Crippen molar-refractivity contribution in [2.75, 3.05) is 24.0 Å². The van der Waals surface area contributed by atoms with Gasteiger partial charge >= 0.3 is 0 Å². The van der Waals surface area contributed by atoms with Crippen molar-refractivity contribution >= 4 is 58.4 Å². The predicted molar refractivity (Wildman–Crippen MR) is 257 cm³/mol. The topological polar surface area (TPSA) is 24.9 Å². The fourth-order valence-electron chi connectivity index (χ4n) is 7.48. The maximum absolute atomic E-state index is 5.46. The van der Waals surface area contributed by atoms with Gasteiger partial charge in [0.05, 0.1) is 14.2 Å². The molecule has 4 heteroatoms. The second-order valence-electron chi connectivity index (χ2n) is 16.0. The molecule has 0 saturated heterocycles. The van der Waals surface area contributed by atoms with E-state index in [9.17, 15) is 0 Å². The van der Waals surface area contributed by atoms with Crippen LogP contribution in [0.2, 0.25) is 0 Å². The molecule has 0 bridgehead atoms. The zero-order chi connectivity index (χ0) is 42.2. The lowest BCUT2D eigenvalue weighted by atomic mass is 10.0. The molecule has 7 aromatic carbocycles. The number of nitrogens with zero attached hydrogens (tertiary/aromatic N) is 2. The molecule has 0 aliphatic heterocycles. The van der Waals surface area contributed by atoms with Crippen molar-refractivity contribution in [1.29, 1.82) is 0 Å². The van der Waals surface area contributed by atoms with E-state index in [1.54, 1.807) is 14.2 Å². The summed E-state index contributed by atoms with van der Waals surface area (Å²) in [5, 5.41) is 0. The van der Waals surface area contributed by atoms with Crippen molar-refractivity contribution in [1.82, 2.24) is 0 Å². The molecule has 0 aliphatic carbocycles. The lowest BCUT2D eigenvalue weighted by Gasteiger charge is -2.26. The molecular weight excluding hydrogens is 733 g/mol. The van der Waals surface area contributed by atoms with Gasteiger partial charge in [0.25, 0.3) is 0 Å². The molecule has 0 fully saturated rings. The maximum atomic E-state index is 5.46. The van der Waals surface area contributed by atoms with E-state index in [-0.39, 0.29) is 0 Å². The molecule has 0 atom stereocenters. The summed E-state index contributed by atoms with van der Waals surface area (Å²) in [6, 6.07) is 56.3. The second kappa shape index (κ2) is 18.9. The van der Waals surface area contributed by atoms with Gasteiger partial charge in [0, 0.05) is 34.1 Å². The van der Waals surface area contributed by atoms with Crippen LogP contribution in [0.4, 0.5) is 34.1 Å². The van der Waals surface area contributed by atoms with Crippen molar-refractivity contribution in [3.05, 3.63) is 202 Å². The minimum absolute atomic E-state index is 0.475. The van der Waals surface area contributed by atoms with Crippen LogP contribution in [0.5, 0.6) is 11.5 Å². The molecule has 0 unspecified atom stereocenters. The highest BCUT2D eigenvalue weighted by Crippen LogP contribution is 2.39. The van der Waals surface area contributed by atoms with Gasteiger partial charge in [0.2, 0.25) is 0 Å². The number of anilines is 6. The first-order valence-corrected chi connectivity index (χ1v) is 20.9. The third-order valence-electron chi connectivity index (χ3n) is 11.1. The molecule has 302 valence electrons. The van der Waals surface area contributed by atoms with Gasteiger partial charge in [-0.3, -0.25) is 0 Å². The lowest BCUT2D eigenvalue weighted by Crippen LogP contribution is -2.10. The van der Waals surface area contributed by atoms with E-state index in [0.29, 0.717) is 11.8 Å². The highest BCUT2D eigenvalue weighted by atomic mass is 16.5. The molecular formula is C56H56N2O2. The maximum Gasteiger partial charge on any atom is 0.119 e. The predicted octanol–water partition coefficient (Wildman–Crippen LogP) is 15.8. The summed E-state index contributed by atoms with van der Waals surface area (Å²) in [6.07, 6.45) is 8.83. The van der Waals surface area contributed by atoms with E-state index in [1.807, 2.05) is 24.3 Å². The zero-order valence-corrected chi connectivity index (χ0v) is 36.2. The van der Waals surface area contributed by atoms with Crippen LogP contribution in [-0.4, -0.2) is 14.2 Å². The molecule has 0 radical (unpaired) electrons. The van der Waals surface area contributed by atoms with Crippen molar-refractivity contribution < 1.29 is 9.47 Å². The Morgan fingerprint density at radius 3 is 1.03 bits per heavy atom. The van der Waals surface area contributed by atoms with Gasteiger partial charge in [-0.2, -0.15) is 0 Å². The highest BCUT2D eigenvalue weighted by molar-refractivity contribution is 5.82. The average molecular weight is 789 g/mol. The molecule has 60 heavy (non-hydrogen) atoms. The van der Waals surface area contributed by atoms with Crippen molar-refractivity contribution in [3.8, 4) is 11.5 Å². The summed E-state index contributed by atoms with van der Waals surface area (Å²) in [6.45, 7) is 13.3. The number of aryl methyl sites for hydroxylation is 2. The van der Waals surface area contributed by atoms with Crippen LogP contribution >= 0.6 is 0 Å². The van der Waals surface area contributed by atoms with Gasteiger partial charge in [-0.15, -0.1) is 0 Å². The molecule has 0 aliphatic rings. The van der Waals surface area contributed by atoms with Gasteiger partial charge in [-0.1, -0.05) is 107 Å². The van der Waals surface area contributed by atoms with Crippen molar-refractivity contribution in [2.24, 2.45) is 0 Å². The van der Waals surface area contributed by atoms with Gasteiger partial charge in [-0.05, 0) is 173 Å². The van der Waals surface area contributed by atoms with E-state index in [1.165, 1.54) is 33.4 Å². The monoisotopic (exact) mass is 788 g/mol. The Balaban J connectivity index is 1.10. The van der Waals surface area contributed by atoms with Crippen LogP contribution in [0.1, 0.15) is 84.0 Å². The SMILES string of the molecule is COc1ccc(N(c2ccc(C(C)C)cc2)c2ccc(C=Cc3cccc(C=Cc4ccc(N(c5ccc(OC)cc5)c5ccc(C(C)C)cc5)cc4C)c3)c(C)c2)cc1. The molecule has 0 spiro atoms. The summed E-state index contributed by atoms with van der Waals surface area (Å²) in [7, 11) is 3.40. The molecule has 7 rings (SSSR count). The Kier molecular flexibility index (Phi) is 13.0. The Hall–Kier alpha value is -6.78. The lowest BCUT2D eigenvalue weighted by molar-refractivity contribution is 0.414. The summed E-state index contributed by atoms with van der Waals surface area (Å²) in [4.78, 5) is 4.61. The largest absolute Gasteiger partial charge is 0.497 e. The second-order valence-corrected chi connectivity index (χ2v) is 16.0. The normalized spacial score (nSPS) is 11.5. The number of benzene rings is 7. The number of hydrogen-bond acceptors (Lipinski definition) is 4. The first kappa shape index (κ1) is 41.4. The summed E-state index contributed by atoms with van der Waals surface area (Å²) in [5.41, 5.74) is 16.3. The summed E-state index contributed by atoms with van der Waals surface area (Å²) >= 11 is 0. The fourth-order valence-corrected chi connectivity index (χ4v) is 7.48. The highest BCUT2D eigenvalue weighted by Gasteiger charge is 2.16. The summed E-state index contributed by atoms with van der Waals surface area (Å²) < 4.78 is 10.9. The number of ether oxygens (including phenoxy) is 2. The fraction of sp³-hybridized carbons (Fsp3) is 0.179. The standard InChI is InChI=1S/C56H56N2O2/c1-39(2)45-16-22-49(23-17-45)57(51-28-32-55(59-7)33-29-51)53-26-20-47(41(5)36-53)14-12-43-10-9-11-44(38-43)13-15-48-21-27-54(37-42(48)6)58(52-30-34-56(60-8)35-31-52)50-24-18-46(19-25-50)40(3)4/h9-40H,1-8H3. The molecule has 0 N–H and O–H groups in total. The molecule has 0 amide bonds. The number of methoxy groups -OCH3 is 2. The third kappa shape index (κ3) is 9.73. The third-order valence-corrected chi connectivity index (χ3v) is 11.1. The molecule has 4 nitrogen and oxygen atoms in total. The van der Waals surface area contributed by atoms with Gasteiger partial charge in [0.15, 0.2) is 0 Å². The number of hydrogen-bond donors (Lipinski definition) is 0. The summed E-state index contributed by atoms with van der Waals surface area (Å²) in [5.74, 6) is 2.63. The van der Waals surface area contributed by atoms with Crippen LogP contribution < -0.4 is 19.3 Å². The smallest absolute Gasteiger partial charge is 0.119 e. The van der Waals surface area contributed by atoms with Crippen LogP contribution in [0, 0.1) is 13.8 Å². The van der Waals surface area contributed by atoms with Crippen molar-refractivity contribution in [3.63, 3.8) is 0 Å². The first-order chi connectivity index (χ1) is 29.1. The van der Waals surface area contributed by atoms with Crippen LogP contribution in [0.25, 0.3) is 24.3 Å². The Morgan fingerprint density at radius 2 is 0.717 bits per heavy atom. The molecule has 0 aromatic heterocycles.